The standard InChI is InChI=1S/C33H49ClN2O2.ClH/c1-4-6-8-10-24-36(25-11-9-7-5-2)26-27-12-14-28(15-13-27)29-16-20-31(21-17-29)35(3)33(37)38-32-22-18-30(34)19-23-32;/h12-15,18-19,22-23,29,31H,4-11,16-17,20-21,24-26H2,1-3H3;1H/t29-,31-;. The van der Waals surface area contributed by atoms with E-state index in [1.807, 2.05) is 7.05 Å². The third-order valence-electron chi connectivity index (χ3n) is 8.06. The summed E-state index contributed by atoms with van der Waals surface area (Å²) in [6.45, 7) is 8.06. The molecule has 6 heteroatoms. The number of halogens is 2. The van der Waals surface area contributed by atoms with E-state index >= 15 is 0 Å². The maximum atomic E-state index is 12.6. The van der Waals surface area contributed by atoms with E-state index in [1.165, 1.54) is 75.6 Å². The second-order valence-electron chi connectivity index (χ2n) is 11.1. The molecule has 0 bridgehead atoms. The first-order valence-corrected chi connectivity index (χ1v) is 15.4. The minimum absolute atomic E-state index is 0. The number of carbonyl (C=O) groups excluding carboxylic acids is 1. The summed E-state index contributed by atoms with van der Waals surface area (Å²) < 4.78 is 5.54. The molecule has 0 unspecified atom stereocenters. The predicted molar refractivity (Wildman–Crippen MR) is 167 cm³/mol. The lowest BCUT2D eigenvalue weighted by molar-refractivity contribution is 0.130. The molecule has 1 aliphatic carbocycles. The normalized spacial score (nSPS) is 17.1. The summed E-state index contributed by atoms with van der Waals surface area (Å²) in [6.07, 6.45) is 14.5. The van der Waals surface area contributed by atoms with Crippen molar-refractivity contribution in [3.63, 3.8) is 0 Å². The molecule has 2 aromatic carbocycles. The van der Waals surface area contributed by atoms with Crippen molar-refractivity contribution in [2.75, 3.05) is 20.1 Å². The molecule has 0 atom stereocenters. The van der Waals surface area contributed by atoms with Crippen molar-refractivity contribution in [3.05, 3.63) is 64.7 Å². The van der Waals surface area contributed by atoms with Crippen molar-refractivity contribution in [2.45, 2.75) is 109 Å². The molecular weight excluding hydrogens is 527 g/mol. The van der Waals surface area contributed by atoms with Gasteiger partial charge >= 0.3 is 6.09 Å². The summed E-state index contributed by atoms with van der Waals surface area (Å²) in [5.74, 6) is 1.10. The van der Waals surface area contributed by atoms with Gasteiger partial charge in [0.05, 0.1) is 0 Å². The molecule has 1 fully saturated rings. The van der Waals surface area contributed by atoms with Gasteiger partial charge in [-0.05, 0) is 92.9 Å². The fourth-order valence-electron chi connectivity index (χ4n) is 5.57. The number of ether oxygens (including phenoxy) is 1. The van der Waals surface area contributed by atoms with Crippen molar-refractivity contribution in [3.8, 4) is 5.75 Å². The van der Waals surface area contributed by atoms with E-state index in [-0.39, 0.29) is 24.5 Å². The van der Waals surface area contributed by atoms with Crippen molar-refractivity contribution >= 4 is 30.1 Å². The highest BCUT2D eigenvalue weighted by atomic mass is 35.5. The highest BCUT2D eigenvalue weighted by molar-refractivity contribution is 6.30. The molecule has 1 aliphatic rings. The third kappa shape index (κ3) is 11.7. The van der Waals surface area contributed by atoms with Gasteiger partial charge in [0.2, 0.25) is 0 Å². The van der Waals surface area contributed by atoms with Crippen LogP contribution in [0.4, 0.5) is 4.79 Å². The number of amides is 1. The third-order valence-corrected chi connectivity index (χ3v) is 8.32. The Labute approximate surface area is 248 Å². The highest BCUT2D eigenvalue weighted by Crippen LogP contribution is 2.35. The Bertz CT molecular complexity index is 916. The summed E-state index contributed by atoms with van der Waals surface area (Å²) in [7, 11) is 1.86. The summed E-state index contributed by atoms with van der Waals surface area (Å²) in [4.78, 5) is 17.1. The molecule has 3 rings (SSSR count). The average Bonchev–Trinajstić information content (AvgIpc) is 2.94. The summed E-state index contributed by atoms with van der Waals surface area (Å²) in [6, 6.07) is 16.6. The maximum absolute atomic E-state index is 12.6. The first-order chi connectivity index (χ1) is 18.5. The van der Waals surface area contributed by atoms with Crippen LogP contribution in [0.25, 0.3) is 0 Å². The second-order valence-corrected chi connectivity index (χ2v) is 11.5. The quantitative estimate of drug-likeness (QED) is 0.198. The molecule has 0 saturated heterocycles. The predicted octanol–water partition coefficient (Wildman–Crippen LogP) is 9.88. The van der Waals surface area contributed by atoms with Gasteiger partial charge in [0, 0.05) is 24.7 Å². The SMILES string of the molecule is CCCCCCN(CCCCCC)Cc1ccc([C@H]2CC[C@H](N(C)C(=O)Oc3ccc(Cl)cc3)CC2)cc1.Cl. The molecule has 0 heterocycles. The summed E-state index contributed by atoms with van der Waals surface area (Å²) in [5.41, 5.74) is 2.87. The first kappa shape index (κ1) is 33.5. The summed E-state index contributed by atoms with van der Waals surface area (Å²) in [5, 5.41) is 0.631. The highest BCUT2D eigenvalue weighted by Gasteiger charge is 2.28. The van der Waals surface area contributed by atoms with E-state index in [9.17, 15) is 4.79 Å². The Balaban J connectivity index is 0.00000533. The van der Waals surface area contributed by atoms with Crippen LogP contribution in [0.5, 0.6) is 5.75 Å². The molecule has 0 N–H and O–H groups in total. The van der Waals surface area contributed by atoms with Crippen LogP contribution in [-0.4, -0.2) is 42.1 Å². The zero-order valence-electron chi connectivity index (χ0n) is 24.4. The minimum atomic E-state index is -0.297. The van der Waals surface area contributed by atoms with Gasteiger partial charge in [0.15, 0.2) is 0 Å². The minimum Gasteiger partial charge on any atom is -0.410 e. The van der Waals surface area contributed by atoms with Crippen LogP contribution in [0.15, 0.2) is 48.5 Å². The molecule has 0 aromatic heterocycles. The fourth-order valence-corrected chi connectivity index (χ4v) is 5.69. The van der Waals surface area contributed by atoms with Crippen LogP contribution in [0.3, 0.4) is 0 Å². The van der Waals surface area contributed by atoms with E-state index in [0.29, 0.717) is 16.7 Å². The molecule has 1 amide bonds. The van der Waals surface area contributed by atoms with Crippen LogP contribution in [0.1, 0.15) is 108 Å². The first-order valence-electron chi connectivity index (χ1n) is 15.0. The van der Waals surface area contributed by atoms with Crippen LogP contribution >= 0.6 is 24.0 Å². The van der Waals surface area contributed by atoms with E-state index < -0.39 is 0 Å². The molecule has 0 spiro atoms. The van der Waals surface area contributed by atoms with Crippen molar-refractivity contribution in [1.29, 1.82) is 0 Å². The summed E-state index contributed by atoms with van der Waals surface area (Å²) >= 11 is 5.93. The van der Waals surface area contributed by atoms with Gasteiger partial charge in [-0.3, -0.25) is 4.90 Å². The Kier molecular flexibility index (Phi) is 15.9. The lowest BCUT2D eigenvalue weighted by Gasteiger charge is -2.34. The van der Waals surface area contributed by atoms with E-state index in [0.717, 1.165) is 32.2 Å². The van der Waals surface area contributed by atoms with E-state index in [1.54, 1.807) is 29.2 Å². The van der Waals surface area contributed by atoms with E-state index in [4.69, 9.17) is 16.3 Å². The van der Waals surface area contributed by atoms with Gasteiger partial charge in [0.1, 0.15) is 5.75 Å². The van der Waals surface area contributed by atoms with Gasteiger partial charge in [-0.25, -0.2) is 4.79 Å². The van der Waals surface area contributed by atoms with Crippen LogP contribution < -0.4 is 4.74 Å². The molecule has 0 aliphatic heterocycles. The fraction of sp³-hybridized carbons (Fsp3) is 0.606. The Morgan fingerprint density at radius 1 is 0.821 bits per heavy atom. The monoisotopic (exact) mass is 576 g/mol. The molecule has 2 aromatic rings. The van der Waals surface area contributed by atoms with Crippen molar-refractivity contribution in [1.82, 2.24) is 9.80 Å². The Morgan fingerprint density at radius 3 is 1.92 bits per heavy atom. The average molecular weight is 578 g/mol. The van der Waals surface area contributed by atoms with Crippen LogP contribution in [0, 0.1) is 0 Å². The number of hydrogen-bond acceptors (Lipinski definition) is 3. The van der Waals surface area contributed by atoms with Crippen molar-refractivity contribution in [2.24, 2.45) is 0 Å². The van der Waals surface area contributed by atoms with Crippen LogP contribution in [0.2, 0.25) is 5.02 Å². The molecular formula is C33H50Cl2N2O2. The maximum Gasteiger partial charge on any atom is 0.415 e. The van der Waals surface area contributed by atoms with E-state index in [2.05, 4.69) is 43.0 Å². The number of rotatable bonds is 15. The van der Waals surface area contributed by atoms with Gasteiger partial charge in [0.25, 0.3) is 0 Å². The zero-order valence-corrected chi connectivity index (χ0v) is 25.9. The lowest BCUT2D eigenvalue weighted by Crippen LogP contribution is -2.40. The number of unbranched alkanes of at least 4 members (excludes halogenated alkanes) is 6. The number of benzene rings is 2. The van der Waals surface area contributed by atoms with Crippen molar-refractivity contribution < 1.29 is 9.53 Å². The Hall–Kier alpha value is -1.75. The molecule has 218 valence electrons. The topological polar surface area (TPSA) is 32.8 Å². The van der Waals surface area contributed by atoms with Gasteiger partial charge in [-0.15, -0.1) is 12.4 Å². The zero-order chi connectivity index (χ0) is 27.2. The second kappa shape index (κ2) is 18.6. The molecule has 39 heavy (non-hydrogen) atoms. The van der Waals surface area contributed by atoms with Gasteiger partial charge < -0.3 is 9.64 Å². The largest absolute Gasteiger partial charge is 0.415 e. The van der Waals surface area contributed by atoms with Gasteiger partial charge in [-0.2, -0.15) is 0 Å². The number of hydrogen-bond donors (Lipinski definition) is 0. The number of nitrogens with zero attached hydrogens (tertiary/aromatic N) is 2. The number of carbonyl (C=O) groups is 1. The smallest absolute Gasteiger partial charge is 0.410 e. The Morgan fingerprint density at radius 2 is 1.38 bits per heavy atom. The lowest BCUT2D eigenvalue weighted by atomic mass is 9.81. The molecule has 0 radical (unpaired) electrons. The molecule has 4 nitrogen and oxygen atoms in total. The van der Waals surface area contributed by atoms with Gasteiger partial charge in [-0.1, -0.05) is 88.2 Å². The molecule has 1 saturated carbocycles. The van der Waals surface area contributed by atoms with Crippen LogP contribution in [-0.2, 0) is 6.54 Å².